The lowest BCUT2D eigenvalue weighted by molar-refractivity contribution is 0.102. The molecule has 1 amide bonds. The van der Waals surface area contributed by atoms with Crippen LogP contribution in [0.15, 0.2) is 46.8 Å². The Bertz CT molecular complexity index is 1140. The number of hydrogen-bond donors (Lipinski definition) is 1. The summed E-state index contributed by atoms with van der Waals surface area (Å²) in [5.74, 6) is -0.320. The molecule has 1 fully saturated rings. The van der Waals surface area contributed by atoms with Crippen molar-refractivity contribution in [3.8, 4) is 0 Å². The van der Waals surface area contributed by atoms with Gasteiger partial charge in [-0.1, -0.05) is 18.0 Å². The molecule has 1 aromatic heterocycles. The van der Waals surface area contributed by atoms with Crippen molar-refractivity contribution >= 4 is 54.8 Å². The van der Waals surface area contributed by atoms with E-state index in [2.05, 4.69) is 10.3 Å². The second-order valence-corrected chi connectivity index (χ2v) is 9.80. The van der Waals surface area contributed by atoms with Gasteiger partial charge in [-0.15, -0.1) is 11.3 Å². The molecule has 2 aromatic carbocycles. The minimum absolute atomic E-state index is 0.0202. The Morgan fingerprint density at radius 3 is 2.68 bits per heavy atom. The summed E-state index contributed by atoms with van der Waals surface area (Å²) < 4.78 is 28.3. The van der Waals surface area contributed by atoms with E-state index in [1.807, 2.05) is 0 Å². The molecule has 4 rings (SSSR count). The number of nitrogens with one attached hydrogen (secondary N) is 1. The quantitative estimate of drug-likeness (QED) is 0.659. The number of amides is 1. The molecule has 0 aliphatic carbocycles. The molecule has 1 aliphatic heterocycles. The highest BCUT2D eigenvalue weighted by molar-refractivity contribution is 7.89. The SMILES string of the molecule is O=C(Nc1ccc(Cl)c(S(=O)(=O)N2CCCCC2)c1)c1ccc2ncsc2c1. The molecule has 1 N–H and O–H groups in total. The van der Waals surface area contributed by atoms with E-state index in [9.17, 15) is 13.2 Å². The number of rotatable bonds is 4. The van der Waals surface area contributed by atoms with Crippen molar-refractivity contribution in [1.29, 1.82) is 0 Å². The molecule has 3 aromatic rings. The van der Waals surface area contributed by atoms with Crippen molar-refractivity contribution in [3.05, 3.63) is 52.5 Å². The molecule has 146 valence electrons. The Labute approximate surface area is 172 Å². The maximum atomic E-state index is 13.0. The van der Waals surface area contributed by atoms with Crippen LogP contribution in [0, 0.1) is 0 Å². The summed E-state index contributed by atoms with van der Waals surface area (Å²) in [6, 6.07) is 9.77. The van der Waals surface area contributed by atoms with Crippen molar-refractivity contribution in [3.63, 3.8) is 0 Å². The van der Waals surface area contributed by atoms with E-state index >= 15 is 0 Å². The number of benzene rings is 2. The van der Waals surface area contributed by atoms with Gasteiger partial charge in [-0.3, -0.25) is 4.79 Å². The van der Waals surface area contributed by atoms with Crippen LogP contribution >= 0.6 is 22.9 Å². The smallest absolute Gasteiger partial charge is 0.255 e. The molecule has 0 atom stereocenters. The summed E-state index contributed by atoms with van der Waals surface area (Å²) >= 11 is 7.64. The lowest BCUT2D eigenvalue weighted by Gasteiger charge is -2.26. The van der Waals surface area contributed by atoms with E-state index in [-0.39, 0.29) is 15.8 Å². The molecule has 1 aliphatic rings. The van der Waals surface area contributed by atoms with Crippen LogP contribution in [0.3, 0.4) is 0 Å². The number of anilines is 1. The van der Waals surface area contributed by atoms with Gasteiger partial charge in [-0.2, -0.15) is 4.31 Å². The van der Waals surface area contributed by atoms with Crippen molar-refractivity contribution < 1.29 is 13.2 Å². The number of piperidine rings is 1. The summed E-state index contributed by atoms with van der Waals surface area (Å²) in [4.78, 5) is 16.8. The van der Waals surface area contributed by atoms with E-state index in [1.165, 1.54) is 27.8 Å². The Kier molecular flexibility index (Phi) is 5.37. The van der Waals surface area contributed by atoms with Crippen LogP contribution in [0.5, 0.6) is 0 Å². The molecule has 0 radical (unpaired) electrons. The molecule has 1 saturated heterocycles. The van der Waals surface area contributed by atoms with Crippen LogP contribution in [-0.2, 0) is 10.0 Å². The summed E-state index contributed by atoms with van der Waals surface area (Å²) in [6.07, 6.45) is 2.71. The van der Waals surface area contributed by atoms with Crippen molar-refractivity contribution in [1.82, 2.24) is 9.29 Å². The molecule has 6 nitrogen and oxygen atoms in total. The predicted octanol–water partition coefficient (Wildman–Crippen LogP) is 4.38. The first-order valence-corrected chi connectivity index (χ1v) is 11.6. The monoisotopic (exact) mass is 435 g/mol. The number of thiazole rings is 1. The van der Waals surface area contributed by atoms with Gasteiger partial charge in [0.05, 0.1) is 20.7 Å². The molecular weight excluding hydrogens is 418 g/mol. The van der Waals surface area contributed by atoms with Crippen molar-refractivity contribution in [2.45, 2.75) is 24.2 Å². The fourth-order valence-electron chi connectivity index (χ4n) is 3.22. The number of hydrogen-bond acceptors (Lipinski definition) is 5. The van der Waals surface area contributed by atoms with Gasteiger partial charge in [0.25, 0.3) is 5.91 Å². The third-order valence-corrected chi connectivity index (χ3v) is 7.89. The Morgan fingerprint density at radius 1 is 1.11 bits per heavy atom. The normalized spacial score (nSPS) is 15.6. The minimum Gasteiger partial charge on any atom is -0.322 e. The first kappa shape index (κ1) is 19.3. The van der Waals surface area contributed by atoms with Gasteiger partial charge in [-0.25, -0.2) is 13.4 Å². The maximum Gasteiger partial charge on any atom is 0.255 e. The van der Waals surface area contributed by atoms with Gasteiger partial charge in [0.2, 0.25) is 10.0 Å². The zero-order valence-electron chi connectivity index (χ0n) is 14.9. The first-order valence-electron chi connectivity index (χ1n) is 8.89. The fourth-order valence-corrected chi connectivity index (χ4v) is 5.96. The van der Waals surface area contributed by atoms with Gasteiger partial charge >= 0.3 is 0 Å². The molecule has 0 bridgehead atoms. The van der Waals surface area contributed by atoms with Gasteiger partial charge in [0, 0.05) is 24.3 Å². The zero-order valence-corrected chi connectivity index (χ0v) is 17.3. The summed E-state index contributed by atoms with van der Waals surface area (Å²) in [5.41, 5.74) is 3.42. The number of carbonyl (C=O) groups is 1. The maximum absolute atomic E-state index is 13.0. The van der Waals surface area contributed by atoms with E-state index in [0.717, 1.165) is 29.5 Å². The average molecular weight is 436 g/mol. The molecule has 28 heavy (non-hydrogen) atoms. The zero-order chi connectivity index (χ0) is 19.7. The van der Waals surface area contributed by atoms with Gasteiger partial charge in [-0.05, 0) is 49.2 Å². The van der Waals surface area contributed by atoms with Crippen LogP contribution in [0.1, 0.15) is 29.6 Å². The van der Waals surface area contributed by atoms with Crippen molar-refractivity contribution in [2.24, 2.45) is 0 Å². The largest absolute Gasteiger partial charge is 0.322 e. The third-order valence-electron chi connectivity index (χ3n) is 4.72. The number of aromatic nitrogens is 1. The summed E-state index contributed by atoms with van der Waals surface area (Å²) in [5, 5.41) is 2.91. The molecule has 0 saturated carbocycles. The number of halogens is 1. The first-order chi connectivity index (χ1) is 13.4. The minimum atomic E-state index is -3.69. The summed E-state index contributed by atoms with van der Waals surface area (Å²) in [7, 11) is -3.69. The van der Waals surface area contributed by atoms with Gasteiger partial charge in [0.15, 0.2) is 0 Å². The standard InChI is InChI=1S/C19H18ClN3O3S2/c20-15-6-5-14(11-18(15)28(25,26)23-8-2-1-3-9-23)22-19(24)13-4-7-16-17(10-13)27-12-21-16/h4-7,10-12H,1-3,8-9H2,(H,22,24). The molecule has 0 unspecified atom stereocenters. The third kappa shape index (κ3) is 3.77. The van der Waals surface area contributed by atoms with Crippen LogP contribution in [0.4, 0.5) is 5.69 Å². The second-order valence-electron chi connectivity index (χ2n) is 6.60. The van der Waals surface area contributed by atoms with Crippen LogP contribution in [-0.4, -0.2) is 36.7 Å². The molecule has 0 spiro atoms. The highest BCUT2D eigenvalue weighted by atomic mass is 35.5. The summed E-state index contributed by atoms with van der Waals surface area (Å²) in [6.45, 7) is 0.980. The van der Waals surface area contributed by atoms with Crippen LogP contribution in [0.2, 0.25) is 5.02 Å². The van der Waals surface area contributed by atoms with Gasteiger partial charge < -0.3 is 5.32 Å². The van der Waals surface area contributed by atoms with E-state index < -0.39 is 10.0 Å². The Balaban J connectivity index is 1.60. The Morgan fingerprint density at radius 2 is 1.89 bits per heavy atom. The lowest BCUT2D eigenvalue weighted by atomic mass is 10.2. The number of carbonyl (C=O) groups excluding carboxylic acids is 1. The van der Waals surface area contributed by atoms with Gasteiger partial charge in [0.1, 0.15) is 4.90 Å². The lowest BCUT2D eigenvalue weighted by Crippen LogP contribution is -2.35. The van der Waals surface area contributed by atoms with E-state index in [1.54, 1.807) is 29.8 Å². The highest BCUT2D eigenvalue weighted by Gasteiger charge is 2.28. The second kappa shape index (κ2) is 7.79. The number of fused-ring (bicyclic) bond motifs is 1. The predicted molar refractivity (Wildman–Crippen MR) is 112 cm³/mol. The molecular formula is C19H18ClN3O3S2. The fraction of sp³-hybridized carbons (Fsp3) is 0.263. The highest BCUT2D eigenvalue weighted by Crippen LogP contribution is 2.29. The van der Waals surface area contributed by atoms with Crippen LogP contribution in [0.25, 0.3) is 10.2 Å². The van der Waals surface area contributed by atoms with Crippen molar-refractivity contribution in [2.75, 3.05) is 18.4 Å². The average Bonchev–Trinajstić information content (AvgIpc) is 3.18. The Hall–Kier alpha value is -2.00. The number of nitrogens with zero attached hydrogens (tertiary/aromatic N) is 2. The molecule has 2 heterocycles. The van der Waals surface area contributed by atoms with E-state index in [4.69, 9.17) is 11.6 Å². The van der Waals surface area contributed by atoms with E-state index in [0.29, 0.717) is 24.3 Å². The van der Waals surface area contributed by atoms with Crippen LogP contribution < -0.4 is 5.32 Å². The number of sulfonamides is 1. The topological polar surface area (TPSA) is 79.4 Å². The molecule has 9 heteroatoms.